The number of ether oxygens (including phenoxy) is 2. The van der Waals surface area contributed by atoms with E-state index in [0.29, 0.717) is 47.1 Å². The lowest BCUT2D eigenvalue weighted by Crippen LogP contribution is -2.35. The van der Waals surface area contributed by atoms with Gasteiger partial charge in [0.2, 0.25) is 11.8 Å². The Balaban J connectivity index is 1.52. The van der Waals surface area contributed by atoms with Crippen molar-refractivity contribution >= 4 is 23.5 Å². The Labute approximate surface area is 244 Å². The number of rotatable bonds is 7. The Morgan fingerprint density at radius 2 is 1.44 bits per heavy atom. The average molecular weight is 593 g/mol. The predicted molar refractivity (Wildman–Crippen MR) is 156 cm³/mol. The first kappa shape index (κ1) is 27.3. The van der Waals surface area contributed by atoms with Crippen LogP contribution in [0.25, 0.3) is 0 Å². The summed E-state index contributed by atoms with van der Waals surface area (Å²) in [7, 11) is 1.50. The van der Waals surface area contributed by atoms with Crippen LogP contribution in [0.4, 0.5) is 0 Å². The Bertz CT molecular complexity index is 1640. The molecule has 41 heavy (non-hydrogen) atoms. The summed E-state index contributed by atoms with van der Waals surface area (Å²) in [6.45, 7) is 1.19. The molecule has 10 nitrogen and oxygen atoms in total. The molecule has 2 aliphatic rings. The number of hydrogen-bond donors (Lipinski definition) is 2. The van der Waals surface area contributed by atoms with Crippen molar-refractivity contribution in [2.45, 2.75) is 48.8 Å². The second-order valence-electron chi connectivity index (χ2n) is 9.70. The second-order valence-corrected chi connectivity index (χ2v) is 11.8. The molecule has 0 aliphatic carbocycles. The van der Waals surface area contributed by atoms with Gasteiger partial charge in [0.25, 0.3) is 11.1 Å². The van der Waals surface area contributed by atoms with Gasteiger partial charge < -0.3 is 19.7 Å². The molecule has 12 heteroatoms. The van der Waals surface area contributed by atoms with Gasteiger partial charge in [-0.2, -0.15) is 9.97 Å². The molecular formula is C29H28N4O6S2. The molecule has 0 atom stereocenters. The van der Waals surface area contributed by atoms with E-state index in [4.69, 9.17) is 9.47 Å². The third-order valence-corrected chi connectivity index (χ3v) is 9.27. The lowest BCUT2D eigenvalue weighted by molar-refractivity contribution is 0.284. The van der Waals surface area contributed by atoms with Crippen LogP contribution in [0, 0.1) is 0 Å². The zero-order valence-electron chi connectivity index (χ0n) is 22.3. The van der Waals surface area contributed by atoms with Crippen LogP contribution in [0.3, 0.4) is 0 Å². The lowest BCUT2D eigenvalue weighted by Gasteiger charge is -2.25. The van der Waals surface area contributed by atoms with E-state index in [-0.39, 0.29) is 11.1 Å². The molecule has 6 rings (SSSR count). The van der Waals surface area contributed by atoms with E-state index in [2.05, 4.69) is 9.97 Å². The van der Waals surface area contributed by atoms with Crippen LogP contribution < -0.4 is 20.6 Å². The van der Waals surface area contributed by atoms with E-state index < -0.39 is 28.8 Å². The van der Waals surface area contributed by atoms with E-state index in [0.717, 1.165) is 29.9 Å². The highest BCUT2D eigenvalue weighted by atomic mass is 32.2. The molecule has 212 valence electrons. The maximum absolute atomic E-state index is 13.9. The predicted octanol–water partition coefficient (Wildman–Crippen LogP) is 3.97. The topological polar surface area (TPSA) is 129 Å². The normalized spacial score (nSPS) is 14.4. The Morgan fingerprint density at radius 3 is 2.00 bits per heavy atom. The molecule has 0 bridgehead atoms. The highest BCUT2D eigenvalue weighted by Crippen LogP contribution is 2.41. The number of hydrogen-bond acceptors (Lipinski definition) is 10. The van der Waals surface area contributed by atoms with Crippen LogP contribution >= 0.6 is 23.5 Å². The van der Waals surface area contributed by atoms with Crippen LogP contribution in [0.5, 0.6) is 23.3 Å². The Kier molecular flexibility index (Phi) is 7.67. The number of fused-ring (bicyclic) bond motifs is 2. The third kappa shape index (κ3) is 5.17. The summed E-state index contributed by atoms with van der Waals surface area (Å²) in [5.74, 6) is 0.253. The standard InChI is InChI=1S/C29H28N4O6S2/c1-38-20-15-18(9-10-19(20)39-16-17-7-3-2-4-8-17)21(22-24(34)30-28-32(26(22)36)11-5-13-40-28)23-25(35)31-29-33(27(23)37)12-6-14-41-29/h2-4,7-10,15,21,34-35H,5-6,11-14,16H2,1H3. The van der Waals surface area contributed by atoms with Gasteiger partial charge in [0, 0.05) is 24.6 Å². The van der Waals surface area contributed by atoms with Crippen molar-refractivity contribution in [2.75, 3.05) is 18.6 Å². The van der Waals surface area contributed by atoms with Gasteiger partial charge in [-0.15, -0.1) is 0 Å². The summed E-state index contributed by atoms with van der Waals surface area (Å²) < 4.78 is 14.7. The summed E-state index contributed by atoms with van der Waals surface area (Å²) in [6, 6.07) is 14.7. The van der Waals surface area contributed by atoms with Crippen molar-refractivity contribution in [2.24, 2.45) is 0 Å². The highest BCUT2D eigenvalue weighted by molar-refractivity contribution is 7.99. The molecule has 0 saturated carbocycles. The molecule has 0 saturated heterocycles. The van der Waals surface area contributed by atoms with E-state index in [1.54, 1.807) is 18.2 Å². The highest BCUT2D eigenvalue weighted by Gasteiger charge is 2.34. The number of thioether (sulfide) groups is 2. The molecule has 0 unspecified atom stereocenters. The molecule has 2 aliphatic heterocycles. The van der Waals surface area contributed by atoms with Gasteiger partial charge in [-0.3, -0.25) is 18.7 Å². The molecule has 0 fully saturated rings. The number of aromatic hydroxyl groups is 2. The molecule has 0 amide bonds. The second kappa shape index (κ2) is 11.5. The average Bonchev–Trinajstić information content (AvgIpc) is 2.99. The number of methoxy groups -OCH3 is 1. The van der Waals surface area contributed by atoms with Crippen LogP contribution in [-0.4, -0.2) is 47.9 Å². The molecule has 0 radical (unpaired) electrons. The fraction of sp³-hybridized carbons (Fsp3) is 0.310. The number of nitrogens with zero attached hydrogens (tertiary/aromatic N) is 4. The Morgan fingerprint density at radius 1 is 0.854 bits per heavy atom. The van der Waals surface area contributed by atoms with E-state index in [1.165, 1.54) is 39.8 Å². The fourth-order valence-electron chi connectivity index (χ4n) is 5.17. The molecule has 2 aromatic heterocycles. The molecule has 0 spiro atoms. The molecular weight excluding hydrogens is 564 g/mol. The Hall–Kier alpha value is -3.90. The van der Waals surface area contributed by atoms with E-state index >= 15 is 0 Å². The zero-order chi connectivity index (χ0) is 28.5. The van der Waals surface area contributed by atoms with Crippen molar-refractivity contribution in [1.82, 2.24) is 19.1 Å². The summed E-state index contributed by atoms with van der Waals surface area (Å²) >= 11 is 2.78. The fourth-order valence-corrected chi connectivity index (χ4v) is 7.04. The lowest BCUT2D eigenvalue weighted by atomic mass is 9.86. The van der Waals surface area contributed by atoms with Gasteiger partial charge in [0.15, 0.2) is 21.8 Å². The van der Waals surface area contributed by atoms with E-state index in [1.807, 2.05) is 30.3 Å². The quantitative estimate of drug-likeness (QED) is 0.304. The molecule has 4 aromatic rings. The number of benzene rings is 2. The van der Waals surface area contributed by atoms with Crippen molar-refractivity contribution in [3.8, 4) is 23.3 Å². The van der Waals surface area contributed by atoms with Gasteiger partial charge in [-0.1, -0.05) is 59.9 Å². The smallest absolute Gasteiger partial charge is 0.262 e. The SMILES string of the molecule is COc1cc(C(c2c(O)nc3n(c2=O)CCCS3)c2c(O)nc3n(c2=O)CCCS3)ccc1OCc1ccccc1. The number of aromatic nitrogens is 4. The van der Waals surface area contributed by atoms with Gasteiger partial charge >= 0.3 is 0 Å². The van der Waals surface area contributed by atoms with Gasteiger partial charge in [0.05, 0.1) is 24.2 Å². The van der Waals surface area contributed by atoms with Crippen LogP contribution in [0.1, 0.15) is 41.0 Å². The van der Waals surface area contributed by atoms with Gasteiger partial charge in [0.1, 0.15) is 6.61 Å². The van der Waals surface area contributed by atoms with Crippen molar-refractivity contribution in [3.63, 3.8) is 0 Å². The van der Waals surface area contributed by atoms with Crippen molar-refractivity contribution in [3.05, 3.63) is 91.5 Å². The van der Waals surface area contributed by atoms with Crippen molar-refractivity contribution in [1.29, 1.82) is 0 Å². The van der Waals surface area contributed by atoms with Gasteiger partial charge in [-0.25, -0.2) is 0 Å². The monoisotopic (exact) mass is 592 g/mol. The summed E-state index contributed by atoms with van der Waals surface area (Å²) in [6.07, 6.45) is 1.53. The van der Waals surface area contributed by atoms with E-state index in [9.17, 15) is 19.8 Å². The minimum Gasteiger partial charge on any atom is -0.493 e. The third-order valence-electron chi connectivity index (χ3n) is 7.15. The van der Waals surface area contributed by atoms with Crippen LogP contribution in [0.2, 0.25) is 0 Å². The first-order chi connectivity index (χ1) is 20.0. The van der Waals surface area contributed by atoms with Crippen LogP contribution in [-0.2, 0) is 19.7 Å². The summed E-state index contributed by atoms with van der Waals surface area (Å²) in [5.41, 5.74) is 0.269. The first-order valence-corrected chi connectivity index (χ1v) is 15.2. The first-order valence-electron chi connectivity index (χ1n) is 13.2. The van der Waals surface area contributed by atoms with Crippen LogP contribution in [0.15, 0.2) is 68.4 Å². The summed E-state index contributed by atoms with van der Waals surface area (Å²) in [5, 5.41) is 23.1. The summed E-state index contributed by atoms with van der Waals surface area (Å²) in [4.78, 5) is 36.4. The van der Waals surface area contributed by atoms with Crippen molar-refractivity contribution < 1.29 is 19.7 Å². The maximum Gasteiger partial charge on any atom is 0.262 e. The molecule has 2 N–H and O–H groups in total. The molecule has 2 aromatic carbocycles. The van der Waals surface area contributed by atoms with Gasteiger partial charge in [-0.05, 0) is 36.1 Å². The minimum absolute atomic E-state index is 0.102. The molecule has 4 heterocycles. The zero-order valence-corrected chi connectivity index (χ0v) is 23.9. The maximum atomic E-state index is 13.9. The minimum atomic E-state index is -1.17. The largest absolute Gasteiger partial charge is 0.493 e.